The fraction of sp³-hybridized carbons (Fsp3) is 0.125. The molecule has 1 aromatic rings. The number of halogens is 1. The van der Waals surface area contributed by atoms with Crippen LogP contribution in [0.25, 0.3) is 10.4 Å². The van der Waals surface area contributed by atoms with Crippen LogP contribution in [0, 0.1) is 0 Å². The van der Waals surface area contributed by atoms with Gasteiger partial charge in [-0.05, 0) is 17.7 Å². The Hall–Kier alpha value is -1.27. The molecule has 6 heteroatoms. The summed E-state index contributed by atoms with van der Waals surface area (Å²) in [6.45, 7) is 0. The van der Waals surface area contributed by atoms with Crippen molar-refractivity contribution in [3.05, 3.63) is 40.8 Å². The first kappa shape index (κ1) is 10.8. The Labute approximate surface area is 94.3 Å². The van der Waals surface area contributed by atoms with Crippen molar-refractivity contribution in [3.8, 4) is 0 Å². The van der Waals surface area contributed by atoms with Gasteiger partial charge in [0.05, 0.1) is 0 Å². The molecule has 14 heavy (non-hydrogen) atoms. The highest BCUT2D eigenvalue weighted by Crippen LogP contribution is 2.09. The number of benzene rings is 1. The van der Waals surface area contributed by atoms with Crippen LogP contribution >= 0.6 is 22.6 Å². The van der Waals surface area contributed by atoms with Crippen molar-refractivity contribution in [3.63, 3.8) is 0 Å². The van der Waals surface area contributed by atoms with Crippen LogP contribution in [0.5, 0.6) is 0 Å². The molecule has 0 fully saturated rings. The maximum Gasteiger partial charge on any atom is 0.243 e. The van der Waals surface area contributed by atoms with Gasteiger partial charge in [0.1, 0.15) is 0 Å². The highest BCUT2D eigenvalue weighted by Gasteiger charge is 2.11. The van der Waals surface area contributed by atoms with Crippen LogP contribution < -0.4 is 5.32 Å². The van der Waals surface area contributed by atoms with Crippen LogP contribution in [0.2, 0.25) is 0 Å². The molecule has 0 aliphatic heterocycles. The van der Waals surface area contributed by atoms with E-state index in [2.05, 4.69) is 15.3 Å². The molecule has 0 aliphatic rings. The molecule has 0 aromatic heterocycles. The molecule has 1 aromatic carbocycles. The van der Waals surface area contributed by atoms with Crippen molar-refractivity contribution < 1.29 is 4.79 Å². The summed E-state index contributed by atoms with van der Waals surface area (Å²) in [5.41, 5.74) is 8.81. The zero-order valence-electron chi connectivity index (χ0n) is 7.09. The number of para-hydroxylation sites is 1. The molecule has 1 amide bonds. The van der Waals surface area contributed by atoms with Crippen LogP contribution in [-0.2, 0) is 4.79 Å². The van der Waals surface area contributed by atoms with Crippen LogP contribution in [0.3, 0.4) is 0 Å². The summed E-state index contributed by atoms with van der Waals surface area (Å²) in [5, 5.41) is 5.89. The zero-order valence-corrected chi connectivity index (χ0v) is 9.25. The lowest BCUT2D eigenvalue weighted by Gasteiger charge is -2.05. The van der Waals surface area contributed by atoms with Crippen LogP contribution in [-0.4, -0.2) is 9.96 Å². The van der Waals surface area contributed by atoms with E-state index in [4.69, 9.17) is 5.53 Å². The molecule has 0 spiro atoms. The quantitative estimate of drug-likeness (QED) is 0.229. The molecule has 1 N–H and O–H groups in total. The molecule has 0 saturated heterocycles. The van der Waals surface area contributed by atoms with E-state index >= 15 is 0 Å². The molecular weight excluding hydrogens is 295 g/mol. The van der Waals surface area contributed by atoms with Gasteiger partial charge in [0.25, 0.3) is 0 Å². The van der Waals surface area contributed by atoms with E-state index < -0.39 is 4.05 Å². The number of nitrogens with zero attached hydrogens (tertiary/aromatic N) is 3. The van der Waals surface area contributed by atoms with Crippen molar-refractivity contribution >= 4 is 34.2 Å². The smallest absolute Gasteiger partial charge is 0.243 e. The van der Waals surface area contributed by atoms with Crippen molar-refractivity contribution in [2.75, 3.05) is 5.32 Å². The topological polar surface area (TPSA) is 77.9 Å². The second kappa shape index (κ2) is 5.46. The summed E-state index contributed by atoms with van der Waals surface area (Å²) in [4.78, 5) is 13.9. The van der Waals surface area contributed by atoms with Gasteiger partial charge in [-0.2, -0.15) is 0 Å². The van der Waals surface area contributed by atoms with E-state index in [1.54, 1.807) is 34.7 Å². The van der Waals surface area contributed by atoms with Gasteiger partial charge in [-0.3, -0.25) is 4.79 Å². The predicted octanol–water partition coefficient (Wildman–Crippen LogP) is 2.70. The SMILES string of the molecule is [N-]=[N+]=NC(I)C(=O)Nc1ccccc1. The summed E-state index contributed by atoms with van der Waals surface area (Å²) in [7, 11) is 0. The number of alkyl halides is 1. The van der Waals surface area contributed by atoms with Gasteiger partial charge in [0, 0.05) is 10.6 Å². The Morgan fingerprint density at radius 3 is 2.71 bits per heavy atom. The monoisotopic (exact) mass is 302 g/mol. The largest absolute Gasteiger partial charge is 0.325 e. The molecule has 0 bridgehead atoms. The Bertz CT molecular complexity index is 361. The van der Waals surface area contributed by atoms with Crippen molar-refractivity contribution in [2.45, 2.75) is 4.05 Å². The van der Waals surface area contributed by atoms with E-state index in [1.807, 2.05) is 18.2 Å². The summed E-state index contributed by atoms with van der Waals surface area (Å²) >= 11 is 1.76. The molecule has 0 saturated carbocycles. The Morgan fingerprint density at radius 1 is 1.50 bits per heavy atom. The van der Waals surface area contributed by atoms with Crippen LogP contribution in [0.4, 0.5) is 5.69 Å². The van der Waals surface area contributed by atoms with E-state index in [0.717, 1.165) is 0 Å². The lowest BCUT2D eigenvalue weighted by molar-refractivity contribution is -0.115. The Kier molecular flexibility index (Phi) is 4.21. The standard InChI is InChI=1S/C8H7IN4O/c9-7(12-13-10)8(14)11-6-4-2-1-3-5-6/h1-5,7H,(H,11,14). The third-order valence-electron chi connectivity index (χ3n) is 1.41. The second-order valence-corrected chi connectivity index (χ2v) is 3.58. The highest BCUT2D eigenvalue weighted by atomic mass is 127. The minimum Gasteiger partial charge on any atom is -0.325 e. The molecular formula is C8H7IN4O. The van der Waals surface area contributed by atoms with Gasteiger partial charge in [-0.1, -0.05) is 45.9 Å². The Balaban J connectivity index is 2.62. The molecule has 0 radical (unpaired) electrons. The van der Waals surface area contributed by atoms with E-state index in [1.165, 1.54) is 0 Å². The molecule has 0 aliphatic carbocycles. The summed E-state index contributed by atoms with van der Waals surface area (Å²) in [5.74, 6) is -0.324. The van der Waals surface area contributed by atoms with Gasteiger partial charge in [-0.15, -0.1) is 0 Å². The summed E-state index contributed by atoms with van der Waals surface area (Å²) < 4.78 is -0.724. The molecule has 5 nitrogen and oxygen atoms in total. The van der Waals surface area contributed by atoms with Crippen molar-refractivity contribution in [2.24, 2.45) is 5.11 Å². The first-order valence-electron chi connectivity index (χ1n) is 3.78. The third kappa shape index (κ3) is 3.23. The van der Waals surface area contributed by atoms with Crippen molar-refractivity contribution in [1.29, 1.82) is 0 Å². The Morgan fingerprint density at radius 2 is 2.14 bits per heavy atom. The van der Waals surface area contributed by atoms with E-state index in [0.29, 0.717) is 5.69 Å². The number of rotatable bonds is 3. The molecule has 72 valence electrons. The van der Waals surface area contributed by atoms with E-state index in [-0.39, 0.29) is 5.91 Å². The number of azide groups is 1. The molecule has 1 atom stereocenters. The zero-order chi connectivity index (χ0) is 10.4. The van der Waals surface area contributed by atoms with Gasteiger partial charge in [0.2, 0.25) is 5.91 Å². The molecule has 1 unspecified atom stereocenters. The fourth-order valence-corrected chi connectivity index (χ4v) is 1.09. The van der Waals surface area contributed by atoms with Gasteiger partial charge in [0.15, 0.2) is 4.05 Å². The van der Waals surface area contributed by atoms with Gasteiger partial charge < -0.3 is 5.32 Å². The summed E-state index contributed by atoms with van der Waals surface area (Å²) in [6, 6.07) is 9.00. The average molecular weight is 302 g/mol. The number of carbonyl (C=O) groups excluding carboxylic acids is 1. The van der Waals surface area contributed by atoms with Gasteiger partial charge in [-0.25, -0.2) is 0 Å². The number of anilines is 1. The first-order valence-corrected chi connectivity index (χ1v) is 5.03. The second-order valence-electron chi connectivity index (χ2n) is 2.40. The average Bonchev–Trinajstić information content (AvgIpc) is 2.19. The van der Waals surface area contributed by atoms with Crippen molar-refractivity contribution in [1.82, 2.24) is 0 Å². The van der Waals surface area contributed by atoms with Crippen LogP contribution in [0.15, 0.2) is 35.4 Å². The number of nitrogens with one attached hydrogen (secondary N) is 1. The van der Waals surface area contributed by atoms with E-state index in [9.17, 15) is 4.79 Å². The minimum absolute atomic E-state index is 0.324. The summed E-state index contributed by atoms with van der Waals surface area (Å²) in [6.07, 6.45) is 0. The number of hydrogen-bond acceptors (Lipinski definition) is 2. The van der Waals surface area contributed by atoms with Gasteiger partial charge >= 0.3 is 0 Å². The third-order valence-corrected chi connectivity index (χ3v) is 2.23. The number of amides is 1. The lowest BCUT2D eigenvalue weighted by Crippen LogP contribution is -2.20. The minimum atomic E-state index is -0.724. The lowest BCUT2D eigenvalue weighted by atomic mass is 10.3. The maximum atomic E-state index is 11.3. The highest BCUT2D eigenvalue weighted by molar-refractivity contribution is 14.1. The first-order chi connectivity index (χ1) is 6.74. The van der Waals surface area contributed by atoms with Crippen LogP contribution in [0.1, 0.15) is 0 Å². The predicted molar refractivity (Wildman–Crippen MR) is 62.0 cm³/mol. The molecule has 1 rings (SSSR count). The number of carbonyl (C=O) groups is 1. The number of hydrogen-bond donors (Lipinski definition) is 1. The normalized spacial score (nSPS) is 11.2. The molecule has 0 heterocycles. The fourth-order valence-electron chi connectivity index (χ4n) is 0.821. The maximum absolute atomic E-state index is 11.3.